The fourth-order valence-corrected chi connectivity index (χ4v) is 3.55. The molecule has 1 unspecified atom stereocenters. The maximum Gasteiger partial charge on any atom is 0.410 e. The molecule has 1 saturated carbocycles. The van der Waals surface area contributed by atoms with E-state index in [1.54, 1.807) is 0 Å². The van der Waals surface area contributed by atoms with Gasteiger partial charge >= 0.3 is 6.09 Å². The van der Waals surface area contributed by atoms with Crippen LogP contribution in [0.2, 0.25) is 0 Å². The number of nitrogens with one attached hydrogen (secondary N) is 1. The van der Waals surface area contributed by atoms with Gasteiger partial charge in [-0.05, 0) is 52.4 Å². The number of aliphatic hydroxyl groups is 1. The quantitative estimate of drug-likeness (QED) is 0.805. The monoisotopic (exact) mass is 282 g/mol. The fourth-order valence-electron chi connectivity index (χ4n) is 3.55. The normalized spacial score (nSPS) is 35.0. The molecule has 2 bridgehead atoms. The van der Waals surface area contributed by atoms with Crippen LogP contribution in [-0.4, -0.2) is 52.5 Å². The van der Waals surface area contributed by atoms with Crippen molar-refractivity contribution in [3.05, 3.63) is 0 Å². The van der Waals surface area contributed by atoms with Crippen molar-refractivity contribution in [3.8, 4) is 0 Å². The minimum absolute atomic E-state index is 0.00812. The van der Waals surface area contributed by atoms with Crippen LogP contribution in [0.1, 0.15) is 46.5 Å². The Morgan fingerprint density at radius 1 is 1.30 bits per heavy atom. The van der Waals surface area contributed by atoms with Gasteiger partial charge in [0.1, 0.15) is 5.60 Å². The molecule has 114 valence electrons. The second-order valence-electron chi connectivity index (χ2n) is 7.45. The summed E-state index contributed by atoms with van der Waals surface area (Å²) in [5, 5.41) is 13.9. The molecule has 5 heteroatoms. The van der Waals surface area contributed by atoms with E-state index in [-0.39, 0.29) is 30.3 Å². The second-order valence-corrected chi connectivity index (χ2v) is 7.45. The first-order valence-corrected chi connectivity index (χ1v) is 7.79. The Morgan fingerprint density at radius 3 is 2.60 bits per heavy atom. The summed E-state index contributed by atoms with van der Waals surface area (Å²) in [5.74, 6) is 0.421. The van der Waals surface area contributed by atoms with Gasteiger partial charge in [-0.1, -0.05) is 0 Å². The number of fused-ring (bicyclic) bond motifs is 2. The van der Waals surface area contributed by atoms with E-state index < -0.39 is 5.60 Å². The number of carbonyl (C=O) groups excluding carboxylic acids is 1. The lowest BCUT2D eigenvalue weighted by atomic mass is 9.96. The molecule has 2 heterocycles. The van der Waals surface area contributed by atoms with Crippen molar-refractivity contribution in [1.82, 2.24) is 10.2 Å². The Balaban J connectivity index is 1.72. The van der Waals surface area contributed by atoms with Crippen LogP contribution in [0.25, 0.3) is 0 Å². The van der Waals surface area contributed by atoms with Crippen LogP contribution in [0.5, 0.6) is 0 Å². The third-order valence-corrected chi connectivity index (χ3v) is 4.63. The summed E-state index contributed by atoms with van der Waals surface area (Å²) in [6, 6.07) is 0.311. The van der Waals surface area contributed by atoms with Gasteiger partial charge in [-0.15, -0.1) is 0 Å². The van der Waals surface area contributed by atoms with Gasteiger partial charge in [0.15, 0.2) is 0 Å². The number of carbonyl (C=O) groups is 1. The zero-order valence-electron chi connectivity index (χ0n) is 12.6. The molecule has 1 amide bonds. The van der Waals surface area contributed by atoms with E-state index >= 15 is 0 Å². The van der Waals surface area contributed by atoms with E-state index in [0.717, 1.165) is 32.2 Å². The first kappa shape index (κ1) is 14.1. The highest BCUT2D eigenvalue weighted by Crippen LogP contribution is 2.39. The van der Waals surface area contributed by atoms with Crippen LogP contribution in [0.15, 0.2) is 0 Å². The van der Waals surface area contributed by atoms with E-state index in [9.17, 15) is 9.90 Å². The molecule has 20 heavy (non-hydrogen) atoms. The number of aliphatic hydroxyl groups excluding tert-OH is 1. The van der Waals surface area contributed by atoms with Gasteiger partial charge in [-0.25, -0.2) is 4.79 Å². The molecule has 5 nitrogen and oxygen atoms in total. The Hall–Kier alpha value is -0.810. The van der Waals surface area contributed by atoms with Crippen molar-refractivity contribution in [1.29, 1.82) is 0 Å². The molecule has 3 rings (SSSR count). The zero-order valence-corrected chi connectivity index (χ0v) is 12.6. The summed E-state index contributed by atoms with van der Waals surface area (Å²) >= 11 is 0. The number of amides is 1. The molecule has 0 aromatic heterocycles. The number of ether oxygens (including phenoxy) is 1. The summed E-state index contributed by atoms with van der Waals surface area (Å²) in [4.78, 5) is 14.3. The maximum atomic E-state index is 12.4. The van der Waals surface area contributed by atoms with Gasteiger partial charge in [0.2, 0.25) is 0 Å². The average molecular weight is 282 g/mol. The summed E-state index contributed by atoms with van der Waals surface area (Å²) in [6.07, 6.45) is 3.64. The lowest BCUT2D eigenvalue weighted by Crippen LogP contribution is -2.64. The van der Waals surface area contributed by atoms with E-state index in [0.29, 0.717) is 5.92 Å². The van der Waals surface area contributed by atoms with Crippen LogP contribution < -0.4 is 5.32 Å². The minimum atomic E-state index is -0.466. The largest absolute Gasteiger partial charge is 0.444 e. The molecule has 0 radical (unpaired) electrons. The number of piperazine rings is 1. The van der Waals surface area contributed by atoms with Crippen molar-refractivity contribution in [3.63, 3.8) is 0 Å². The molecule has 3 aliphatic rings. The molecule has 2 N–H and O–H groups in total. The molecular formula is C15H26N2O3. The lowest BCUT2D eigenvalue weighted by Gasteiger charge is -2.42. The minimum Gasteiger partial charge on any atom is -0.444 e. The summed E-state index contributed by atoms with van der Waals surface area (Å²) < 4.78 is 5.54. The van der Waals surface area contributed by atoms with E-state index in [2.05, 4.69) is 5.32 Å². The van der Waals surface area contributed by atoms with Crippen LogP contribution in [0.4, 0.5) is 4.79 Å². The Labute approximate surface area is 120 Å². The smallest absolute Gasteiger partial charge is 0.410 e. The highest BCUT2D eigenvalue weighted by atomic mass is 16.6. The first-order valence-electron chi connectivity index (χ1n) is 7.79. The van der Waals surface area contributed by atoms with E-state index in [1.807, 2.05) is 25.7 Å². The molecular weight excluding hydrogens is 256 g/mol. The first-order chi connectivity index (χ1) is 9.37. The molecule has 2 aliphatic heterocycles. The molecule has 0 spiro atoms. The predicted octanol–water partition coefficient (Wildman–Crippen LogP) is 1.50. The molecule has 0 aromatic rings. The van der Waals surface area contributed by atoms with Crippen LogP contribution in [0, 0.1) is 5.92 Å². The van der Waals surface area contributed by atoms with Gasteiger partial charge in [-0.2, -0.15) is 0 Å². The van der Waals surface area contributed by atoms with Crippen molar-refractivity contribution < 1.29 is 14.6 Å². The van der Waals surface area contributed by atoms with E-state index in [4.69, 9.17) is 4.74 Å². The van der Waals surface area contributed by atoms with Crippen molar-refractivity contribution in [2.24, 2.45) is 5.92 Å². The second kappa shape index (κ2) is 4.88. The molecule has 4 atom stereocenters. The van der Waals surface area contributed by atoms with E-state index in [1.165, 1.54) is 0 Å². The number of hydrogen-bond acceptors (Lipinski definition) is 4. The third kappa shape index (κ3) is 2.66. The summed E-state index contributed by atoms with van der Waals surface area (Å²) in [6.45, 7) is 6.45. The molecule has 0 aromatic carbocycles. The lowest BCUT2D eigenvalue weighted by molar-refractivity contribution is -0.0123. The van der Waals surface area contributed by atoms with Crippen LogP contribution in [-0.2, 0) is 4.74 Å². The van der Waals surface area contributed by atoms with Gasteiger partial charge in [-0.3, -0.25) is 4.90 Å². The Kier molecular flexibility index (Phi) is 3.45. The van der Waals surface area contributed by atoms with Gasteiger partial charge < -0.3 is 15.2 Å². The number of rotatable bonds is 2. The molecule has 2 saturated heterocycles. The third-order valence-electron chi connectivity index (χ3n) is 4.63. The van der Waals surface area contributed by atoms with Crippen molar-refractivity contribution in [2.75, 3.05) is 6.54 Å². The number of nitrogens with zero attached hydrogens (tertiary/aromatic N) is 1. The van der Waals surface area contributed by atoms with Gasteiger partial charge in [0.25, 0.3) is 0 Å². The molecule has 1 aliphatic carbocycles. The predicted molar refractivity (Wildman–Crippen MR) is 75.4 cm³/mol. The van der Waals surface area contributed by atoms with Gasteiger partial charge in [0.05, 0.1) is 18.2 Å². The Morgan fingerprint density at radius 2 is 2.00 bits per heavy atom. The SMILES string of the molecule is CC(C)(C)OC(=O)N1[C@@H]2CC[C@H]1[C@@H](C(O)C1CC1)NC2. The van der Waals surface area contributed by atoms with Gasteiger partial charge in [0, 0.05) is 12.6 Å². The zero-order chi connectivity index (χ0) is 14.5. The van der Waals surface area contributed by atoms with Crippen LogP contribution >= 0.6 is 0 Å². The Bertz CT molecular complexity index is 389. The average Bonchev–Trinajstić information content (AvgIpc) is 3.12. The fraction of sp³-hybridized carbons (Fsp3) is 0.933. The van der Waals surface area contributed by atoms with Crippen molar-refractivity contribution >= 4 is 6.09 Å². The highest BCUT2D eigenvalue weighted by Gasteiger charge is 2.50. The number of hydrogen-bond donors (Lipinski definition) is 2. The maximum absolute atomic E-state index is 12.4. The summed E-state index contributed by atoms with van der Waals surface area (Å²) in [5.41, 5.74) is -0.466. The van der Waals surface area contributed by atoms with Crippen LogP contribution in [0.3, 0.4) is 0 Å². The summed E-state index contributed by atoms with van der Waals surface area (Å²) in [7, 11) is 0. The highest BCUT2D eigenvalue weighted by molar-refractivity contribution is 5.70. The van der Waals surface area contributed by atoms with Crippen molar-refractivity contribution in [2.45, 2.75) is 76.3 Å². The molecule has 3 fully saturated rings. The standard InChI is InChI=1S/C15H26N2O3/c1-15(2,3)20-14(19)17-10-6-7-11(17)12(16-8-10)13(18)9-4-5-9/h9-13,16,18H,4-8H2,1-3H3/t10-,11+,12+,13?/m1/s1. The topological polar surface area (TPSA) is 61.8 Å².